The molecular formula is C11H14N2OS. The van der Waals surface area contributed by atoms with Crippen molar-refractivity contribution >= 4 is 11.3 Å². The highest BCUT2D eigenvalue weighted by Gasteiger charge is 2.12. The number of rotatable bonds is 4. The molecule has 3 nitrogen and oxygen atoms in total. The van der Waals surface area contributed by atoms with Crippen LogP contribution in [-0.2, 0) is 13.0 Å². The average molecular weight is 222 g/mol. The van der Waals surface area contributed by atoms with Crippen molar-refractivity contribution in [3.8, 4) is 0 Å². The lowest BCUT2D eigenvalue weighted by Crippen LogP contribution is -2.07. The molecule has 1 N–H and O–H groups in total. The molecule has 0 amide bonds. The SMILES string of the molecule is CCn1cncc1C(O)Cc1ccsc1. The summed E-state index contributed by atoms with van der Waals surface area (Å²) in [7, 11) is 0. The number of aliphatic hydroxyl groups excluding tert-OH is 1. The third-order valence-electron chi connectivity index (χ3n) is 2.44. The Kier molecular flexibility index (Phi) is 3.18. The maximum absolute atomic E-state index is 10.0. The molecule has 0 aliphatic heterocycles. The van der Waals surface area contributed by atoms with Crippen molar-refractivity contribution in [3.05, 3.63) is 40.6 Å². The van der Waals surface area contributed by atoms with Gasteiger partial charge in [0.2, 0.25) is 0 Å². The quantitative estimate of drug-likeness (QED) is 0.861. The molecule has 1 unspecified atom stereocenters. The topological polar surface area (TPSA) is 38.0 Å². The number of aryl methyl sites for hydroxylation is 1. The van der Waals surface area contributed by atoms with Crippen LogP contribution in [0.5, 0.6) is 0 Å². The minimum absolute atomic E-state index is 0.456. The molecule has 0 bridgehead atoms. The Morgan fingerprint density at radius 3 is 3.13 bits per heavy atom. The molecule has 80 valence electrons. The number of hydrogen-bond acceptors (Lipinski definition) is 3. The van der Waals surface area contributed by atoms with Gasteiger partial charge in [0.1, 0.15) is 0 Å². The molecule has 0 fully saturated rings. The summed E-state index contributed by atoms with van der Waals surface area (Å²) in [4.78, 5) is 4.05. The van der Waals surface area contributed by atoms with Gasteiger partial charge in [-0.25, -0.2) is 4.98 Å². The Hall–Kier alpha value is -1.13. The fourth-order valence-electron chi connectivity index (χ4n) is 1.61. The Balaban J connectivity index is 2.11. The number of thiophene rings is 1. The lowest BCUT2D eigenvalue weighted by molar-refractivity contribution is 0.169. The molecule has 0 aromatic carbocycles. The van der Waals surface area contributed by atoms with Crippen LogP contribution in [0.25, 0.3) is 0 Å². The molecule has 0 radical (unpaired) electrons. The van der Waals surface area contributed by atoms with Crippen LogP contribution in [0, 0.1) is 0 Å². The summed E-state index contributed by atoms with van der Waals surface area (Å²) in [6.07, 6.45) is 3.70. The maximum atomic E-state index is 10.0. The van der Waals surface area contributed by atoms with E-state index in [1.54, 1.807) is 23.9 Å². The summed E-state index contributed by atoms with van der Waals surface area (Å²) >= 11 is 1.66. The van der Waals surface area contributed by atoms with Gasteiger partial charge in [0.05, 0.1) is 24.3 Å². The summed E-state index contributed by atoms with van der Waals surface area (Å²) in [5.41, 5.74) is 2.07. The monoisotopic (exact) mass is 222 g/mol. The zero-order chi connectivity index (χ0) is 10.7. The first-order valence-corrected chi connectivity index (χ1v) is 5.94. The van der Waals surface area contributed by atoms with E-state index in [-0.39, 0.29) is 0 Å². The highest BCUT2D eigenvalue weighted by Crippen LogP contribution is 2.19. The fraction of sp³-hybridized carbons (Fsp3) is 0.364. The zero-order valence-corrected chi connectivity index (χ0v) is 9.44. The number of hydrogen-bond donors (Lipinski definition) is 1. The van der Waals surface area contributed by atoms with Crippen molar-refractivity contribution in [1.82, 2.24) is 9.55 Å². The number of aromatic nitrogens is 2. The molecule has 0 spiro atoms. The van der Waals surface area contributed by atoms with Gasteiger partial charge in [-0.2, -0.15) is 11.3 Å². The normalized spacial score (nSPS) is 12.9. The van der Waals surface area contributed by atoms with E-state index < -0.39 is 6.10 Å². The van der Waals surface area contributed by atoms with Crippen molar-refractivity contribution in [1.29, 1.82) is 0 Å². The largest absolute Gasteiger partial charge is 0.386 e. The van der Waals surface area contributed by atoms with Gasteiger partial charge in [-0.05, 0) is 29.3 Å². The van der Waals surface area contributed by atoms with E-state index in [1.165, 1.54) is 5.56 Å². The third kappa shape index (κ3) is 2.27. The number of nitrogens with zero attached hydrogens (tertiary/aromatic N) is 2. The average Bonchev–Trinajstić information content (AvgIpc) is 2.86. The van der Waals surface area contributed by atoms with Crippen molar-refractivity contribution in [2.75, 3.05) is 0 Å². The highest BCUT2D eigenvalue weighted by atomic mass is 32.1. The van der Waals surface area contributed by atoms with Crippen LogP contribution in [0.3, 0.4) is 0 Å². The van der Waals surface area contributed by atoms with Gasteiger partial charge in [-0.15, -0.1) is 0 Å². The Bertz CT molecular complexity index is 408. The third-order valence-corrected chi connectivity index (χ3v) is 3.17. The molecule has 2 heterocycles. The van der Waals surface area contributed by atoms with Gasteiger partial charge in [-0.1, -0.05) is 0 Å². The van der Waals surface area contributed by atoms with Crippen LogP contribution in [-0.4, -0.2) is 14.7 Å². The fourth-order valence-corrected chi connectivity index (χ4v) is 2.29. The molecule has 1 atom stereocenters. The van der Waals surface area contributed by atoms with E-state index in [1.807, 2.05) is 22.9 Å². The second-order valence-corrected chi connectivity index (χ2v) is 4.24. The standard InChI is InChI=1S/C11H14N2OS/c1-2-13-8-12-6-10(13)11(14)5-9-3-4-15-7-9/h3-4,6-8,11,14H,2,5H2,1H3. The van der Waals surface area contributed by atoms with Gasteiger partial charge >= 0.3 is 0 Å². The van der Waals surface area contributed by atoms with E-state index in [2.05, 4.69) is 10.4 Å². The lowest BCUT2D eigenvalue weighted by atomic mass is 10.1. The van der Waals surface area contributed by atoms with Crippen molar-refractivity contribution in [2.45, 2.75) is 26.0 Å². The first kappa shape index (κ1) is 10.4. The first-order valence-electron chi connectivity index (χ1n) is 5.00. The molecule has 2 aromatic heterocycles. The Morgan fingerprint density at radius 2 is 2.47 bits per heavy atom. The second kappa shape index (κ2) is 4.59. The second-order valence-electron chi connectivity index (χ2n) is 3.46. The smallest absolute Gasteiger partial charge is 0.0996 e. The maximum Gasteiger partial charge on any atom is 0.0996 e. The van der Waals surface area contributed by atoms with Gasteiger partial charge < -0.3 is 9.67 Å². The number of aliphatic hydroxyl groups is 1. The van der Waals surface area contributed by atoms with Gasteiger partial charge in [-0.3, -0.25) is 0 Å². The van der Waals surface area contributed by atoms with Crippen LogP contribution < -0.4 is 0 Å². The summed E-state index contributed by atoms with van der Waals surface area (Å²) in [5, 5.41) is 14.1. The molecule has 2 rings (SSSR count). The van der Waals surface area contributed by atoms with E-state index in [4.69, 9.17) is 0 Å². The van der Waals surface area contributed by atoms with E-state index in [0.29, 0.717) is 6.42 Å². The van der Waals surface area contributed by atoms with E-state index in [0.717, 1.165) is 12.2 Å². The van der Waals surface area contributed by atoms with Crippen LogP contribution in [0.15, 0.2) is 29.4 Å². The van der Waals surface area contributed by atoms with Gasteiger partial charge in [0.25, 0.3) is 0 Å². The van der Waals surface area contributed by atoms with E-state index in [9.17, 15) is 5.11 Å². The van der Waals surface area contributed by atoms with E-state index >= 15 is 0 Å². The van der Waals surface area contributed by atoms with Crippen molar-refractivity contribution in [3.63, 3.8) is 0 Å². The lowest BCUT2D eigenvalue weighted by Gasteiger charge is -2.11. The molecule has 0 aliphatic rings. The first-order chi connectivity index (χ1) is 7.31. The van der Waals surface area contributed by atoms with Gasteiger partial charge in [0.15, 0.2) is 0 Å². The molecule has 4 heteroatoms. The predicted octanol–water partition coefficient (Wildman–Crippen LogP) is 2.24. The molecule has 0 aliphatic carbocycles. The minimum Gasteiger partial charge on any atom is -0.386 e. The molecule has 0 saturated heterocycles. The minimum atomic E-state index is -0.456. The summed E-state index contributed by atoms with van der Waals surface area (Å²) in [6, 6.07) is 2.04. The van der Waals surface area contributed by atoms with Crippen LogP contribution in [0.4, 0.5) is 0 Å². The van der Waals surface area contributed by atoms with Crippen molar-refractivity contribution in [2.24, 2.45) is 0 Å². The predicted molar refractivity (Wildman–Crippen MR) is 60.9 cm³/mol. The van der Waals surface area contributed by atoms with Gasteiger partial charge in [0, 0.05) is 13.0 Å². The summed E-state index contributed by atoms with van der Waals surface area (Å²) < 4.78 is 1.97. The van der Waals surface area contributed by atoms with Crippen LogP contribution >= 0.6 is 11.3 Å². The Labute approximate surface area is 93.0 Å². The molecular weight excluding hydrogens is 208 g/mol. The highest BCUT2D eigenvalue weighted by molar-refractivity contribution is 7.07. The van der Waals surface area contributed by atoms with Crippen LogP contribution in [0.2, 0.25) is 0 Å². The van der Waals surface area contributed by atoms with Crippen LogP contribution in [0.1, 0.15) is 24.3 Å². The number of imidazole rings is 1. The zero-order valence-electron chi connectivity index (χ0n) is 8.63. The molecule has 2 aromatic rings. The molecule has 15 heavy (non-hydrogen) atoms. The van der Waals surface area contributed by atoms with Crippen molar-refractivity contribution < 1.29 is 5.11 Å². The molecule has 0 saturated carbocycles. The summed E-state index contributed by atoms with van der Waals surface area (Å²) in [5.74, 6) is 0. The Morgan fingerprint density at radius 1 is 1.60 bits per heavy atom. The summed E-state index contributed by atoms with van der Waals surface area (Å²) in [6.45, 7) is 2.89.